The molecule has 1 amide bonds. The molecule has 3 rings (SSSR count). The van der Waals surface area contributed by atoms with Gasteiger partial charge >= 0.3 is 0 Å². The average molecular weight is 274 g/mol. The molecule has 4 heteroatoms. The van der Waals surface area contributed by atoms with Gasteiger partial charge in [0.2, 0.25) is 0 Å². The molecule has 1 aliphatic heterocycles. The molecule has 0 aromatic carbocycles. The molecule has 1 aromatic heterocycles. The molecular weight excluding hydrogens is 252 g/mol. The quantitative estimate of drug-likeness (QED) is 0.853. The van der Waals surface area contributed by atoms with Crippen molar-refractivity contribution in [3.63, 3.8) is 0 Å². The lowest BCUT2D eigenvalue weighted by atomic mass is 9.76. The van der Waals surface area contributed by atoms with Gasteiger partial charge in [0.15, 0.2) is 0 Å². The number of aryl methyl sites for hydroxylation is 1. The van der Waals surface area contributed by atoms with Gasteiger partial charge in [0.1, 0.15) is 5.69 Å². The maximum atomic E-state index is 12.6. The Hall–Kier alpha value is -1.42. The van der Waals surface area contributed by atoms with E-state index in [1.54, 1.807) is 6.07 Å². The fourth-order valence-electron chi connectivity index (χ4n) is 3.75. The van der Waals surface area contributed by atoms with Gasteiger partial charge < -0.3 is 10.0 Å². The molecule has 20 heavy (non-hydrogen) atoms. The number of hydrogen-bond acceptors (Lipinski definition) is 3. The molecule has 1 spiro atoms. The van der Waals surface area contributed by atoms with E-state index in [9.17, 15) is 9.90 Å². The molecular formula is C16H22N2O2. The zero-order chi connectivity index (χ0) is 14.2. The maximum Gasteiger partial charge on any atom is 0.272 e. The van der Waals surface area contributed by atoms with Crippen molar-refractivity contribution in [3.05, 3.63) is 29.6 Å². The minimum Gasteiger partial charge on any atom is -0.392 e. The lowest BCUT2D eigenvalue weighted by Crippen LogP contribution is -2.49. The number of carbonyl (C=O) groups excluding carboxylic acids is 1. The summed E-state index contributed by atoms with van der Waals surface area (Å²) in [6, 6.07) is 5.55. The van der Waals surface area contributed by atoms with E-state index in [4.69, 9.17) is 0 Å². The number of nitrogens with zero attached hydrogens (tertiary/aromatic N) is 2. The van der Waals surface area contributed by atoms with Crippen LogP contribution in [-0.2, 0) is 0 Å². The van der Waals surface area contributed by atoms with E-state index in [0.717, 1.165) is 44.3 Å². The summed E-state index contributed by atoms with van der Waals surface area (Å²) in [4.78, 5) is 18.8. The molecule has 1 saturated carbocycles. The Morgan fingerprint density at radius 3 is 2.90 bits per heavy atom. The third-order valence-corrected chi connectivity index (χ3v) is 4.86. The Labute approximate surface area is 119 Å². The second-order valence-corrected chi connectivity index (χ2v) is 6.26. The largest absolute Gasteiger partial charge is 0.392 e. The predicted molar refractivity (Wildman–Crippen MR) is 76.4 cm³/mol. The van der Waals surface area contributed by atoms with Crippen LogP contribution in [0, 0.1) is 12.3 Å². The van der Waals surface area contributed by atoms with Gasteiger partial charge in [-0.2, -0.15) is 0 Å². The summed E-state index contributed by atoms with van der Waals surface area (Å²) in [5.74, 6) is 0.00637. The molecule has 1 N–H and O–H groups in total. The summed E-state index contributed by atoms with van der Waals surface area (Å²) >= 11 is 0. The normalized spacial score (nSPS) is 29.9. The maximum absolute atomic E-state index is 12.6. The first-order valence-corrected chi connectivity index (χ1v) is 7.52. The van der Waals surface area contributed by atoms with Gasteiger partial charge in [0.05, 0.1) is 6.10 Å². The van der Waals surface area contributed by atoms with Crippen LogP contribution >= 0.6 is 0 Å². The Morgan fingerprint density at radius 2 is 2.20 bits per heavy atom. The number of likely N-dealkylation sites (tertiary alicyclic amines) is 1. The van der Waals surface area contributed by atoms with Crippen molar-refractivity contribution in [2.45, 2.75) is 45.1 Å². The van der Waals surface area contributed by atoms with Crippen LogP contribution in [0.1, 0.15) is 48.3 Å². The smallest absolute Gasteiger partial charge is 0.272 e. The number of amides is 1. The van der Waals surface area contributed by atoms with Crippen LogP contribution in [0.2, 0.25) is 0 Å². The lowest BCUT2D eigenvalue weighted by Gasteiger charge is -2.42. The van der Waals surface area contributed by atoms with Crippen molar-refractivity contribution in [2.24, 2.45) is 5.41 Å². The van der Waals surface area contributed by atoms with Crippen LogP contribution in [0.3, 0.4) is 0 Å². The molecule has 0 radical (unpaired) electrons. The molecule has 1 aromatic rings. The van der Waals surface area contributed by atoms with Crippen LogP contribution in [-0.4, -0.2) is 40.1 Å². The first kappa shape index (κ1) is 13.6. The minimum absolute atomic E-state index is 0.00637. The van der Waals surface area contributed by atoms with Gasteiger partial charge in [-0.3, -0.25) is 4.79 Å². The molecule has 0 unspecified atom stereocenters. The topological polar surface area (TPSA) is 53.4 Å². The zero-order valence-electron chi connectivity index (χ0n) is 12.0. The number of aliphatic hydroxyl groups excluding tert-OH is 1. The Kier molecular flexibility index (Phi) is 3.50. The predicted octanol–water partition coefficient (Wildman–Crippen LogP) is 2.16. The molecule has 2 atom stereocenters. The molecule has 2 aliphatic rings. The van der Waals surface area contributed by atoms with E-state index in [1.807, 2.05) is 24.0 Å². The number of pyridine rings is 1. The number of piperidine rings is 1. The zero-order valence-corrected chi connectivity index (χ0v) is 12.0. The summed E-state index contributed by atoms with van der Waals surface area (Å²) < 4.78 is 0. The van der Waals surface area contributed by atoms with Crippen molar-refractivity contribution < 1.29 is 9.90 Å². The van der Waals surface area contributed by atoms with Gasteiger partial charge in [0, 0.05) is 24.2 Å². The number of rotatable bonds is 1. The van der Waals surface area contributed by atoms with E-state index in [0.29, 0.717) is 12.2 Å². The highest BCUT2D eigenvalue weighted by molar-refractivity contribution is 5.92. The van der Waals surface area contributed by atoms with Crippen molar-refractivity contribution in [3.8, 4) is 0 Å². The number of aromatic nitrogens is 1. The highest BCUT2D eigenvalue weighted by atomic mass is 16.3. The van der Waals surface area contributed by atoms with Crippen LogP contribution in [0.15, 0.2) is 18.2 Å². The van der Waals surface area contributed by atoms with Crippen molar-refractivity contribution in [1.82, 2.24) is 9.88 Å². The van der Waals surface area contributed by atoms with E-state index in [2.05, 4.69) is 4.98 Å². The van der Waals surface area contributed by atoms with Crippen LogP contribution < -0.4 is 0 Å². The van der Waals surface area contributed by atoms with E-state index in [-0.39, 0.29) is 17.4 Å². The number of aliphatic hydroxyl groups is 1. The Morgan fingerprint density at radius 1 is 1.40 bits per heavy atom. The number of hydrogen-bond donors (Lipinski definition) is 1. The molecule has 1 aliphatic carbocycles. The van der Waals surface area contributed by atoms with Crippen molar-refractivity contribution in [1.29, 1.82) is 0 Å². The fraction of sp³-hybridized carbons (Fsp3) is 0.625. The van der Waals surface area contributed by atoms with Crippen molar-refractivity contribution >= 4 is 5.91 Å². The highest BCUT2D eigenvalue weighted by Crippen LogP contribution is 2.45. The standard InChI is InChI=1S/C16H22N2O2/c1-12-5-2-6-13(17-12)15(20)18-10-4-9-16(11-18)8-3-7-14(16)19/h2,5-6,14,19H,3-4,7-11H2,1H3/t14-,16+/m1/s1. The average Bonchev–Trinajstić information content (AvgIpc) is 2.79. The van der Waals surface area contributed by atoms with Gasteiger partial charge in [-0.25, -0.2) is 4.98 Å². The monoisotopic (exact) mass is 274 g/mol. The van der Waals surface area contributed by atoms with Crippen LogP contribution in [0.4, 0.5) is 0 Å². The number of carbonyl (C=O) groups is 1. The first-order chi connectivity index (χ1) is 9.61. The SMILES string of the molecule is Cc1cccc(C(=O)N2CCC[C@@]3(CCC[C@H]3O)C2)n1. The summed E-state index contributed by atoms with van der Waals surface area (Å²) in [6.07, 6.45) is 4.77. The van der Waals surface area contributed by atoms with Crippen LogP contribution in [0.25, 0.3) is 0 Å². The minimum atomic E-state index is -0.247. The molecule has 0 bridgehead atoms. The molecule has 4 nitrogen and oxygen atoms in total. The van der Waals surface area contributed by atoms with Gasteiger partial charge in [-0.05, 0) is 44.7 Å². The first-order valence-electron chi connectivity index (χ1n) is 7.52. The fourth-order valence-corrected chi connectivity index (χ4v) is 3.75. The van der Waals surface area contributed by atoms with Crippen LogP contribution in [0.5, 0.6) is 0 Å². The summed E-state index contributed by atoms with van der Waals surface area (Å²) in [7, 11) is 0. The van der Waals surface area contributed by atoms with E-state index < -0.39 is 0 Å². The van der Waals surface area contributed by atoms with Gasteiger partial charge in [-0.15, -0.1) is 0 Å². The Balaban J connectivity index is 1.78. The van der Waals surface area contributed by atoms with E-state index >= 15 is 0 Å². The van der Waals surface area contributed by atoms with Crippen molar-refractivity contribution in [2.75, 3.05) is 13.1 Å². The highest BCUT2D eigenvalue weighted by Gasteiger charge is 2.45. The van der Waals surface area contributed by atoms with Gasteiger partial charge in [0.25, 0.3) is 5.91 Å². The summed E-state index contributed by atoms with van der Waals surface area (Å²) in [5, 5.41) is 10.3. The second kappa shape index (κ2) is 5.17. The second-order valence-electron chi connectivity index (χ2n) is 6.26. The third-order valence-electron chi connectivity index (χ3n) is 4.86. The molecule has 108 valence electrons. The van der Waals surface area contributed by atoms with Gasteiger partial charge in [-0.1, -0.05) is 12.5 Å². The molecule has 1 saturated heterocycles. The summed E-state index contributed by atoms with van der Waals surface area (Å²) in [5.41, 5.74) is 1.33. The molecule has 2 fully saturated rings. The Bertz CT molecular complexity index is 517. The van der Waals surface area contributed by atoms with E-state index in [1.165, 1.54) is 0 Å². The third kappa shape index (κ3) is 2.33. The summed E-state index contributed by atoms with van der Waals surface area (Å²) in [6.45, 7) is 3.36. The lowest BCUT2D eigenvalue weighted by molar-refractivity contribution is -0.00556. The molecule has 2 heterocycles.